The smallest absolute Gasteiger partial charge is 0.122 e. The van der Waals surface area contributed by atoms with Gasteiger partial charge in [0.2, 0.25) is 0 Å². The summed E-state index contributed by atoms with van der Waals surface area (Å²) in [6.07, 6.45) is 0. The molecular weight excluding hydrogens is 432 g/mol. The second-order valence-corrected chi connectivity index (χ2v) is 11.8. The molecule has 1 aliphatic rings. The summed E-state index contributed by atoms with van der Waals surface area (Å²) in [5.41, 5.74) is 9.25. The zero-order valence-corrected chi connectivity index (χ0v) is 23.8. The molecule has 3 rings (SSSR count). The lowest BCUT2D eigenvalue weighted by Crippen LogP contribution is -2.54. The van der Waals surface area contributed by atoms with Gasteiger partial charge in [0.15, 0.2) is 0 Å². The minimum Gasteiger partial charge on any atom is -0.507 e. The van der Waals surface area contributed by atoms with Crippen molar-refractivity contribution in [3.8, 4) is 11.5 Å². The number of phenols is 2. The quantitative estimate of drug-likeness (QED) is 0.451. The summed E-state index contributed by atoms with van der Waals surface area (Å²) in [6.45, 7) is 26.5. The predicted molar refractivity (Wildman–Crippen MR) is 148 cm³/mol. The van der Waals surface area contributed by atoms with Crippen molar-refractivity contribution in [3.05, 3.63) is 56.6 Å². The van der Waals surface area contributed by atoms with Crippen LogP contribution in [0.1, 0.15) is 97.9 Å². The number of hydrogen-bond acceptors (Lipinski definition) is 4. The van der Waals surface area contributed by atoms with E-state index in [0.717, 1.165) is 55.0 Å². The van der Waals surface area contributed by atoms with Gasteiger partial charge in [-0.3, -0.25) is 9.80 Å². The topological polar surface area (TPSA) is 46.9 Å². The molecule has 0 saturated carbocycles. The average molecular weight is 481 g/mol. The van der Waals surface area contributed by atoms with Crippen molar-refractivity contribution < 1.29 is 10.2 Å². The van der Waals surface area contributed by atoms with Crippen LogP contribution >= 0.6 is 0 Å². The van der Waals surface area contributed by atoms with Gasteiger partial charge >= 0.3 is 0 Å². The fourth-order valence-corrected chi connectivity index (χ4v) is 5.76. The van der Waals surface area contributed by atoms with E-state index in [0.29, 0.717) is 35.3 Å². The van der Waals surface area contributed by atoms with Crippen molar-refractivity contribution in [1.82, 2.24) is 9.80 Å². The highest BCUT2D eigenvalue weighted by molar-refractivity contribution is 5.51. The van der Waals surface area contributed by atoms with Crippen LogP contribution in [0.4, 0.5) is 0 Å². The number of hydrogen-bond donors (Lipinski definition) is 2. The van der Waals surface area contributed by atoms with Gasteiger partial charge in [0.05, 0.1) is 0 Å². The summed E-state index contributed by atoms with van der Waals surface area (Å²) < 4.78 is 0. The van der Waals surface area contributed by atoms with Crippen LogP contribution in [-0.4, -0.2) is 45.7 Å². The van der Waals surface area contributed by atoms with Gasteiger partial charge in [-0.15, -0.1) is 0 Å². The highest BCUT2D eigenvalue weighted by Crippen LogP contribution is 2.36. The summed E-state index contributed by atoms with van der Waals surface area (Å²) in [4.78, 5) is 5.17. The molecule has 1 atom stereocenters. The first-order valence-electron chi connectivity index (χ1n) is 13.4. The second-order valence-electron chi connectivity index (χ2n) is 11.8. The molecular formula is C31H48N2O2. The first kappa shape index (κ1) is 27.5. The number of aryl methyl sites for hydroxylation is 2. The maximum atomic E-state index is 10.9. The third-order valence-electron chi connectivity index (χ3n) is 8.23. The van der Waals surface area contributed by atoms with Crippen LogP contribution in [0.25, 0.3) is 0 Å². The van der Waals surface area contributed by atoms with Gasteiger partial charge in [0.25, 0.3) is 0 Å². The molecule has 4 nitrogen and oxygen atoms in total. The van der Waals surface area contributed by atoms with Gasteiger partial charge in [-0.1, -0.05) is 53.7 Å². The molecule has 1 aliphatic heterocycles. The van der Waals surface area contributed by atoms with E-state index in [1.54, 1.807) is 0 Å². The zero-order chi connectivity index (χ0) is 26.2. The third kappa shape index (κ3) is 5.70. The fourth-order valence-electron chi connectivity index (χ4n) is 5.76. The van der Waals surface area contributed by atoms with Gasteiger partial charge in [-0.05, 0) is 90.0 Å². The minimum absolute atomic E-state index is 0.314. The molecule has 0 spiro atoms. The van der Waals surface area contributed by atoms with Crippen LogP contribution in [0.5, 0.6) is 11.5 Å². The molecule has 1 saturated heterocycles. The van der Waals surface area contributed by atoms with Crippen molar-refractivity contribution in [2.45, 2.75) is 100 Å². The van der Waals surface area contributed by atoms with Crippen LogP contribution in [0, 0.1) is 33.6 Å². The second kappa shape index (κ2) is 10.9. The number of aromatic hydroxyl groups is 2. The summed E-state index contributed by atoms with van der Waals surface area (Å²) in [5, 5.41) is 21.7. The lowest BCUT2D eigenvalue weighted by atomic mass is 9.90. The predicted octanol–water partition coefficient (Wildman–Crippen LogP) is 6.92. The Hall–Kier alpha value is -2.04. The molecule has 1 fully saturated rings. The van der Waals surface area contributed by atoms with Crippen molar-refractivity contribution in [3.63, 3.8) is 0 Å². The third-order valence-corrected chi connectivity index (χ3v) is 8.23. The molecule has 194 valence electrons. The number of benzene rings is 2. The maximum Gasteiger partial charge on any atom is 0.122 e. The molecule has 2 aromatic carbocycles. The first-order chi connectivity index (χ1) is 16.3. The molecule has 0 amide bonds. The summed E-state index contributed by atoms with van der Waals surface area (Å²) in [7, 11) is 0. The Morgan fingerprint density at radius 2 is 1.20 bits per heavy atom. The molecule has 2 aromatic rings. The van der Waals surface area contributed by atoms with Crippen molar-refractivity contribution in [1.29, 1.82) is 0 Å². The molecule has 35 heavy (non-hydrogen) atoms. The normalized spacial score (nSPS) is 17.8. The van der Waals surface area contributed by atoms with E-state index in [-0.39, 0.29) is 0 Å². The standard InChI is InChI=1S/C31H48N2O2/c1-18(2)25-13-21(7)27(23(9)30(25)34)15-32-11-12-33(29(17-32)20(5)6)16-28-22(8)14-26(19(3)4)31(35)24(28)10/h13-14,18-20,29,34-35H,11-12,15-17H2,1-10H3. The Balaban J connectivity index is 1.81. The molecule has 0 aromatic heterocycles. The molecule has 0 bridgehead atoms. The number of rotatable bonds is 7. The lowest BCUT2D eigenvalue weighted by molar-refractivity contribution is 0.0399. The van der Waals surface area contributed by atoms with Crippen LogP contribution < -0.4 is 0 Å². The van der Waals surface area contributed by atoms with E-state index >= 15 is 0 Å². The number of nitrogens with zero attached hydrogens (tertiary/aromatic N) is 2. The van der Waals surface area contributed by atoms with Gasteiger partial charge in [-0.25, -0.2) is 0 Å². The Morgan fingerprint density at radius 1 is 0.743 bits per heavy atom. The van der Waals surface area contributed by atoms with Crippen LogP contribution in [0.2, 0.25) is 0 Å². The summed E-state index contributed by atoms with van der Waals surface area (Å²) >= 11 is 0. The molecule has 1 unspecified atom stereocenters. The van der Waals surface area contributed by atoms with Crippen LogP contribution in [0.15, 0.2) is 12.1 Å². The van der Waals surface area contributed by atoms with Gasteiger partial charge in [0, 0.05) is 38.8 Å². The molecule has 0 radical (unpaired) electrons. The maximum absolute atomic E-state index is 10.9. The van der Waals surface area contributed by atoms with E-state index in [9.17, 15) is 10.2 Å². The SMILES string of the molecule is Cc1cc(C(C)C)c(O)c(C)c1CN1CCN(Cc2c(C)cc(C(C)C)c(O)c2C)C(C(C)C)C1. The van der Waals surface area contributed by atoms with E-state index < -0.39 is 0 Å². The van der Waals surface area contributed by atoms with E-state index in [1.807, 2.05) is 0 Å². The summed E-state index contributed by atoms with van der Waals surface area (Å²) in [5.74, 6) is 2.10. The zero-order valence-electron chi connectivity index (χ0n) is 23.8. The Labute approximate surface area is 214 Å². The van der Waals surface area contributed by atoms with Gasteiger partial charge < -0.3 is 10.2 Å². The van der Waals surface area contributed by atoms with Crippen LogP contribution in [0.3, 0.4) is 0 Å². The van der Waals surface area contributed by atoms with Crippen molar-refractivity contribution in [2.75, 3.05) is 19.6 Å². The minimum atomic E-state index is 0.314. The summed E-state index contributed by atoms with van der Waals surface area (Å²) in [6, 6.07) is 4.80. The molecule has 4 heteroatoms. The number of piperazine rings is 1. The number of phenolic OH excluding ortho intramolecular Hbond substituents is 2. The van der Waals surface area contributed by atoms with Gasteiger partial charge in [0.1, 0.15) is 11.5 Å². The molecule has 1 heterocycles. The highest BCUT2D eigenvalue weighted by Gasteiger charge is 2.31. The van der Waals surface area contributed by atoms with E-state index in [4.69, 9.17) is 0 Å². The van der Waals surface area contributed by atoms with Crippen molar-refractivity contribution >= 4 is 0 Å². The molecule has 2 N–H and O–H groups in total. The van der Waals surface area contributed by atoms with E-state index in [2.05, 4.69) is 91.2 Å². The Bertz CT molecular complexity index is 1050. The lowest BCUT2D eigenvalue weighted by Gasteiger charge is -2.44. The monoisotopic (exact) mass is 480 g/mol. The van der Waals surface area contributed by atoms with Crippen molar-refractivity contribution in [2.24, 2.45) is 5.92 Å². The highest BCUT2D eigenvalue weighted by atomic mass is 16.3. The molecule has 0 aliphatic carbocycles. The Kier molecular flexibility index (Phi) is 8.60. The fraction of sp³-hybridized carbons (Fsp3) is 0.613. The van der Waals surface area contributed by atoms with E-state index in [1.165, 1.54) is 22.3 Å². The average Bonchev–Trinajstić information content (AvgIpc) is 2.79. The van der Waals surface area contributed by atoms with Gasteiger partial charge in [-0.2, -0.15) is 0 Å². The largest absolute Gasteiger partial charge is 0.507 e. The first-order valence-corrected chi connectivity index (χ1v) is 13.4. The van der Waals surface area contributed by atoms with Crippen LogP contribution in [-0.2, 0) is 13.1 Å². The Morgan fingerprint density at radius 3 is 1.63 bits per heavy atom.